The van der Waals surface area contributed by atoms with Gasteiger partial charge in [0.1, 0.15) is 23.0 Å². The Morgan fingerprint density at radius 3 is 1.63 bits per heavy atom. The van der Waals surface area contributed by atoms with Crippen LogP contribution < -0.4 is 34.5 Å². The van der Waals surface area contributed by atoms with Gasteiger partial charge in [-0.1, -0.05) is 6.92 Å². The van der Waals surface area contributed by atoms with Crippen molar-refractivity contribution in [3.05, 3.63) is 36.4 Å². The quantitative estimate of drug-likeness (QED) is 0.450. The van der Waals surface area contributed by atoms with Gasteiger partial charge in [0.2, 0.25) is 17.8 Å². The zero-order valence-corrected chi connectivity index (χ0v) is 20.8. The number of aromatic nitrogens is 3. The Balaban J connectivity index is 1.72. The molecule has 2 aromatic carbocycles. The number of rotatable bonds is 9. The number of anilines is 5. The molecular formula is C25H32N6O4. The van der Waals surface area contributed by atoms with Gasteiger partial charge in [0.15, 0.2) is 0 Å². The molecule has 0 saturated carbocycles. The molecule has 3 aromatic rings. The van der Waals surface area contributed by atoms with Gasteiger partial charge in [-0.2, -0.15) is 15.0 Å². The lowest BCUT2D eigenvalue weighted by Crippen LogP contribution is -2.34. The molecule has 0 aliphatic carbocycles. The van der Waals surface area contributed by atoms with Crippen LogP contribution in [0.1, 0.15) is 19.8 Å². The number of ether oxygens (including phenoxy) is 4. The molecule has 1 fully saturated rings. The van der Waals surface area contributed by atoms with E-state index in [0.717, 1.165) is 25.9 Å². The van der Waals surface area contributed by atoms with Crippen LogP contribution in [-0.2, 0) is 0 Å². The molecule has 2 heterocycles. The van der Waals surface area contributed by atoms with E-state index in [0.29, 0.717) is 58.1 Å². The number of hydrogen-bond donors (Lipinski definition) is 2. The van der Waals surface area contributed by atoms with Crippen LogP contribution in [0.15, 0.2) is 36.4 Å². The number of piperidine rings is 1. The van der Waals surface area contributed by atoms with Crippen LogP contribution in [0.2, 0.25) is 0 Å². The number of nitrogens with one attached hydrogen (secondary N) is 2. The van der Waals surface area contributed by atoms with E-state index in [4.69, 9.17) is 28.9 Å². The highest BCUT2D eigenvalue weighted by Gasteiger charge is 2.21. The number of nitrogens with zero attached hydrogens (tertiary/aromatic N) is 4. The molecule has 0 atom stereocenters. The van der Waals surface area contributed by atoms with E-state index in [9.17, 15) is 0 Å². The fourth-order valence-corrected chi connectivity index (χ4v) is 3.89. The van der Waals surface area contributed by atoms with Gasteiger partial charge in [-0.05, 0) is 43.0 Å². The van der Waals surface area contributed by atoms with E-state index in [1.54, 1.807) is 28.4 Å². The average molecular weight is 481 g/mol. The number of hydrogen-bond acceptors (Lipinski definition) is 10. The summed E-state index contributed by atoms with van der Waals surface area (Å²) in [5, 5.41) is 6.55. The smallest absolute Gasteiger partial charge is 0.233 e. The van der Waals surface area contributed by atoms with Crippen molar-refractivity contribution in [2.75, 3.05) is 57.1 Å². The van der Waals surface area contributed by atoms with Crippen molar-refractivity contribution in [2.45, 2.75) is 19.8 Å². The van der Waals surface area contributed by atoms with Gasteiger partial charge in [-0.3, -0.25) is 0 Å². The molecular weight excluding hydrogens is 448 g/mol. The SMILES string of the molecule is COc1ccc(OC)c(Nc2nc(Nc3cc(OC)ccc3OC)nc(N3CCC(C)CC3)n2)c1. The first-order valence-electron chi connectivity index (χ1n) is 11.5. The molecule has 1 saturated heterocycles. The van der Waals surface area contributed by atoms with Gasteiger partial charge in [0, 0.05) is 25.2 Å². The van der Waals surface area contributed by atoms with Gasteiger partial charge < -0.3 is 34.5 Å². The molecule has 0 radical (unpaired) electrons. The number of methoxy groups -OCH3 is 4. The van der Waals surface area contributed by atoms with E-state index in [1.165, 1.54) is 0 Å². The van der Waals surface area contributed by atoms with Crippen LogP contribution in [0.5, 0.6) is 23.0 Å². The molecule has 0 amide bonds. The van der Waals surface area contributed by atoms with Gasteiger partial charge in [-0.15, -0.1) is 0 Å². The summed E-state index contributed by atoms with van der Waals surface area (Å²) in [5.74, 6) is 4.70. The second-order valence-electron chi connectivity index (χ2n) is 8.33. The summed E-state index contributed by atoms with van der Waals surface area (Å²) in [6, 6.07) is 11.0. The van der Waals surface area contributed by atoms with Gasteiger partial charge in [0.05, 0.1) is 39.8 Å². The van der Waals surface area contributed by atoms with Crippen molar-refractivity contribution in [1.82, 2.24) is 15.0 Å². The van der Waals surface area contributed by atoms with E-state index >= 15 is 0 Å². The highest BCUT2D eigenvalue weighted by atomic mass is 16.5. The van der Waals surface area contributed by atoms with Gasteiger partial charge in [-0.25, -0.2) is 0 Å². The second kappa shape index (κ2) is 11.0. The highest BCUT2D eigenvalue weighted by molar-refractivity contribution is 5.68. The maximum absolute atomic E-state index is 5.51. The summed E-state index contributed by atoms with van der Waals surface area (Å²) in [7, 11) is 6.46. The molecule has 2 N–H and O–H groups in total. The van der Waals surface area contributed by atoms with E-state index in [1.807, 2.05) is 36.4 Å². The van der Waals surface area contributed by atoms with Crippen molar-refractivity contribution < 1.29 is 18.9 Å². The predicted octanol–water partition coefficient (Wildman–Crippen LogP) is 4.63. The first-order valence-corrected chi connectivity index (χ1v) is 11.5. The fourth-order valence-electron chi connectivity index (χ4n) is 3.89. The van der Waals surface area contributed by atoms with Crippen LogP contribution >= 0.6 is 0 Å². The third kappa shape index (κ3) is 5.76. The summed E-state index contributed by atoms with van der Waals surface area (Å²) in [6.45, 7) is 4.04. The molecule has 10 nitrogen and oxygen atoms in total. The first-order chi connectivity index (χ1) is 17.0. The molecule has 1 aromatic heterocycles. The molecule has 0 unspecified atom stereocenters. The topological polar surface area (TPSA) is 103 Å². The largest absolute Gasteiger partial charge is 0.497 e. The van der Waals surface area contributed by atoms with Crippen molar-refractivity contribution in [3.63, 3.8) is 0 Å². The Morgan fingerprint density at radius 2 is 1.20 bits per heavy atom. The summed E-state index contributed by atoms with van der Waals surface area (Å²) in [5.41, 5.74) is 1.36. The first kappa shape index (κ1) is 24.2. The molecule has 4 rings (SSSR count). The summed E-state index contributed by atoms with van der Waals surface area (Å²) in [4.78, 5) is 16.3. The Labute approximate surface area is 205 Å². The zero-order valence-electron chi connectivity index (χ0n) is 20.8. The minimum Gasteiger partial charge on any atom is -0.497 e. The van der Waals surface area contributed by atoms with Gasteiger partial charge >= 0.3 is 0 Å². The third-order valence-corrected chi connectivity index (χ3v) is 6.00. The summed E-state index contributed by atoms with van der Waals surface area (Å²) < 4.78 is 21.8. The summed E-state index contributed by atoms with van der Waals surface area (Å²) in [6.07, 6.45) is 2.18. The Hall–Kier alpha value is -3.95. The maximum Gasteiger partial charge on any atom is 0.233 e. The predicted molar refractivity (Wildman–Crippen MR) is 136 cm³/mol. The van der Waals surface area contributed by atoms with Crippen LogP contribution in [0.25, 0.3) is 0 Å². The minimum atomic E-state index is 0.379. The van der Waals surface area contributed by atoms with Crippen molar-refractivity contribution in [3.8, 4) is 23.0 Å². The van der Waals surface area contributed by atoms with Gasteiger partial charge in [0.25, 0.3) is 0 Å². The standard InChI is InChI=1S/C25H32N6O4/c1-16-10-12-31(13-11-16)25-29-23(26-19-14-17(32-2)6-8-21(19)34-4)28-24(30-25)27-20-15-18(33-3)7-9-22(20)35-5/h6-9,14-16H,10-13H2,1-5H3,(H2,26,27,28,29,30). The van der Waals surface area contributed by atoms with E-state index < -0.39 is 0 Å². The average Bonchev–Trinajstić information content (AvgIpc) is 2.88. The molecule has 1 aliphatic rings. The monoisotopic (exact) mass is 480 g/mol. The van der Waals surface area contributed by atoms with E-state index in [-0.39, 0.29) is 0 Å². The van der Waals surface area contributed by atoms with Crippen molar-refractivity contribution in [2.24, 2.45) is 5.92 Å². The second-order valence-corrected chi connectivity index (χ2v) is 8.33. The normalized spacial score (nSPS) is 13.8. The van der Waals surface area contributed by atoms with Crippen LogP contribution in [0, 0.1) is 5.92 Å². The van der Waals surface area contributed by atoms with Crippen LogP contribution in [0.3, 0.4) is 0 Å². The lowest BCUT2D eigenvalue weighted by molar-refractivity contribution is 0.404. The fraction of sp³-hybridized carbons (Fsp3) is 0.400. The Morgan fingerprint density at radius 1 is 0.714 bits per heavy atom. The minimum absolute atomic E-state index is 0.379. The van der Waals surface area contributed by atoms with Crippen LogP contribution in [0.4, 0.5) is 29.2 Å². The lowest BCUT2D eigenvalue weighted by atomic mass is 10.00. The molecule has 35 heavy (non-hydrogen) atoms. The molecule has 0 spiro atoms. The molecule has 1 aliphatic heterocycles. The molecule has 10 heteroatoms. The lowest BCUT2D eigenvalue weighted by Gasteiger charge is -2.30. The third-order valence-electron chi connectivity index (χ3n) is 6.00. The highest BCUT2D eigenvalue weighted by Crippen LogP contribution is 2.34. The van der Waals surface area contributed by atoms with E-state index in [2.05, 4.69) is 27.4 Å². The zero-order chi connectivity index (χ0) is 24.8. The molecule has 0 bridgehead atoms. The Kier molecular flexibility index (Phi) is 7.59. The maximum atomic E-state index is 5.51. The number of benzene rings is 2. The van der Waals surface area contributed by atoms with Crippen molar-refractivity contribution in [1.29, 1.82) is 0 Å². The van der Waals surface area contributed by atoms with Crippen molar-refractivity contribution >= 4 is 29.2 Å². The molecule has 186 valence electrons. The van der Waals surface area contributed by atoms with Crippen LogP contribution in [-0.4, -0.2) is 56.5 Å². The Bertz CT molecular complexity index is 1080. The summed E-state index contributed by atoms with van der Waals surface area (Å²) >= 11 is 0.